The second kappa shape index (κ2) is 33.2. The van der Waals surface area contributed by atoms with Crippen molar-refractivity contribution < 1.29 is 61.8 Å². The zero-order valence-electron chi connectivity index (χ0n) is 53.0. The van der Waals surface area contributed by atoms with Crippen LogP contribution in [0.4, 0.5) is 19.2 Å². The van der Waals surface area contributed by atoms with Gasteiger partial charge < -0.3 is 52.4 Å². The number of cyclic esters (lactones) is 4. The molecule has 0 spiro atoms. The van der Waals surface area contributed by atoms with Gasteiger partial charge in [-0.3, -0.25) is 9.80 Å². The zero-order valence-corrected chi connectivity index (χ0v) is 53.0. The van der Waals surface area contributed by atoms with E-state index in [2.05, 4.69) is 76.2 Å². The largest absolute Gasteiger partial charge is 0.491 e. The fourth-order valence-corrected chi connectivity index (χ4v) is 11.9. The standard InChI is InChI=1S/C71H98N4O13/c1-70(2,56-29-37-60(38-30-56)82-49-64-51-84-64)54-25-33-58(34-26-54)80-47-62-45-72(66(76)86-62)41-21-17-13-9-5-7-11-15-19-23-43-74-53-75(69(79)88-68(74)78)44-24-20-16-12-8-6-10-14-18-22-42-73-46-63(87-67(73)77)48-81-59-35-27-55(28-36-59)71(3,4)57-31-39-61(40-32-57)83-50-65-52-85-65/h25-40,62-65H,5-24,41-53H2,1-4H3. The molecule has 5 aliphatic rings. The van der Waals surface area contributed by atoms with Crippen LogP contribution in [-0.2, 0) is 34.5 Å². The summed E-state index contributed by atoms with van der Waals surface area (Å²) in [5.74, 6) is 3.21. The Kier molecular flexibility index (Phi) is 24.8. The van der Waals surface area contributed by atoms with Crippen molar-refractivity contribution in [3.05, 3.63) is 119 Å². The highest BCUT2D eigenvalue weighted by Gasteiger charge is 2.34. The molecule has 17 nitrogen and oxygen atoms in total. The molecule has 88 heavy (non-hydrogen) atoms. The van der Waals surface area contributed by atoms with Gasteiger partial charge in [0.2, 0.25) is 0 Å². The van der Waals surface area contributed by atoms with Gasteiger partial charge in [0.15, 0.2) is 12.2 Å². The number of hydrogen-bond donors (Lipinski definition) is 0. The molecule has 4 amide bonds. The average molecular weight is 1220 g/mol. The van der Waals surface area contributed by atoms with E-state index in [1.807, 2.05) is 58.3 Å². The van der Waals surface area contributed by atoms with Gasteiger partial charge in [0.1, 0.15) is 68.3 Å². The summed E-state index contributed by atoms with van der Waals surface area (Å²) in [4.78, 5) is 57.2. The van der Waals surface area contributed by atoms with Crippen LogP contribution in [0.3, 0.4) is 0 Å². The average Bonchev–Trinajstić information content (AvgIpc) is 3.73. The molecule has 9 rings (SSSR count). The van der Waals surface area contributed by atoms with Crippen molar-refractivity contribution in [2.24, 2.45) is 0 Å². The Balaban J connectivity index is 0.518. The van der Waals surface area contributed by atoms with Crippen LogP contribution >= 0.6 is 0 Å². The summed E-state index contributed by atoms with van der Waals surface area (Å²) in [5, 5.41) is 0. The summed E-state index contributed by atoms with van der Waals surface area (Å²) in [6.07, 6.45) is 20.3. The summed E-state index contributed by atoms with van der Waals surface area (Å²) in [6.45, 7) is 16.2. The highest BCUT2D eigenvalue weighted by atomic mass is 16.6. The van der Waals surface area contributed by atoms with Gasteiger partial charge in [-0.05, 0) is 96.5 Å². The molecule has 5 heterocycles. The van der Waals surface area contributed by atoms with E-state index in [9.17, 15) is 19.2 Å². The normalized spacial score (nSPS) is 19.2. The Morgan fingerprint density at radius 3 is 0.841 bits per heavy atom. The number of rotatable bonds is 42. The number of carbonyl (C=O) groups is 4. The number of carbonyl (C=O) groups excluding carboxylic acids is 4. The lowest BCUT2D eigenvalue weighted by Gasteiger charge is -2.33. The van der Waals surface area contributed by atoms with Crippen LogP contribution in [0.5, 0.6) is 23.0 Å². The summed E-state index contributed by atoms with van der Waals surface area (Å²) in [7, 11) is 0. The molecule has 5 saturated heterocycles. The monoisotopic (exact) mass is 1210 g/mol. The molecule has 4 aromatic carbocycles. The Morgan fingerprint density at radius 2 is 0.580 bits per heavy atom. The van der Waals surface area contributed by atoms with Gasteiger partial charge in [0, 0.05) is 37.0 Å². The maximum atomic E-state index is 12.6. The lowest BCUT2D eigenvalue weighted by molar-refractivity contribution is 0.0394. The predicted molar refractivity (Wildman–Crippen MR) is 338 cm³/mol. The van der Waals surface area contributed by atoms with Crippen LogP contribution in [0.2, 0.25) is 0 Å². The van der Waals surface area contributed by atoms with E-state index < -0.39 is 12.2 Å². The predicted octanol–water partition coefficient (Wildman–Crippen LogP) is 14.6. The number of ether oxygens (including phenoxy) is 9. The number of amides is 4. The molecular formula is C71H98N4O13. The van der Waals surface area contributed by atoms with Gasteiger partial charge in [0.05, 0.1) is 26.3 Å². The minimum atomic E-state index is -0.531. The van der Waals surface area contributed by atoms with Crippen LogP contribution in [0.1, 0.15) is 178 Å². The summed E-state index contributed by atoms with van der Waals surface area (Å²) in [6, 6.07) is 32.9. The van der Waals surface area contributed by atoms with Crippen molar-refractivity contribution in [3.8, 4) is 23.0 Å². The smallest absolute Gasteiger partial charge is 0.420 e. The number of unbranched alkanes of at least 4 members (excludes halogenated alkanes) is 18. The molecule has 5 fully saturated rings. The van der Waals surface area contributed by atoms with Crippen molar-refractivity contribution in [2.75, 3.05) is 85.6 Å². The molecule has 0 aliphatic carbocycles. The highest BCUT2D eigenvalue weighted by molar-refractivity contribution is 5.86. The van der Waals surface area contributed by atoms with E-state index in [1.54, 1.807) is 9.80 Å². The van der Waals surface area contributed by atoms with Gasteiger partial charge in [-0.2, -0.15) is 0 Å². The second-order valence-corrected chi connectivity index (χ2v) is 25.8. The number of hydrogen-bond acceptors (Lipinski definition) is 13. The van der Waals surface area contributed by atoms with Crippen LogP contribution < -0.4 is 18.9 Å². The first-order chi connectivity index (χ1) is 42.8. The molecule has 4 atom stereocenters. The summed E-state index contributed by atoms with van der Waals surface area (Å²) in [5.41, 5.74) is 4.35. The van der Waals surface area contributed by atoms with Crippen molar-refractivity contribution >= 4 is 24.4 Å². The van der Waals surface area contributed by atoms with Crippen LogP contribution in [0, 0.1) is 0 Å². The van der Waals surface area contributed by atoms with Gasteiger partial charge in [-0.25, -0.2) is 19.2 Å². The highest BCUT2D eigenvalue weighted by Crippen LogP contribution is 2.36. The molecule has 0 bridgehead atoms. The number of epoxide rings is 2. The van der Waals surface area contributed by atoms with E-state index in [0.717, 1.165) is 113 Å². The Labute approximate surface area is 522 Å². The second-order valence-electron chi connectivity index (χ2n) is 25.8. The minimum absolute atomic E-state index is 0.200. The van der Waals surface area contributed by atoms with E-state index in [-0.39, 0.29) is 47.4 Å². The SMILES string of the molecule is CC(C)(c1ccc(OCC2CO2)cc1)c1ccc(OCC2CN(CCCCCCCCCCCCN3CN(CCCCCCCCCCCCN4CC(COc5ccc(C(C)(C)c6ccc(OCC7CO7)cc6)cc5)OC4=O)C(=O)OC3=O)C(=O)O2)cc1. The molecule has 0 aromatic heterocycles. The lowest BCUT2D eigenvalue weighted by Crippen LogP contribution is -2.52. The Bertz CT molecular complexity index is 2580. The van der Waals surface area contributed by atoms with Crippen LogP contribution in [0.15, 0.2) is 97.1 Å². The molecule has 4 unspecified atom stereocenters. The Morgan fingerprint density at radius 1 is 0.341 bits per heavy atom. The van der Waals surface area contributed by atoms with Gasteiger partial charge in [0.25, 0.3) is 0 Å². The maximum Gasteiger partial charge on any atom is 0.420 e. The van der Waals surface area contributed by atoms with Crippen molar-refractivity contribution in [3.63, 3.8) is 0 Å². The van der Waals surface area contributed by atoms with E-state index in [0.29, 0.717) is 72.4 Å². The lowest BCUT2D eigenvalue weighted by atomic mass is 9.78. The molecule has 17 heteroatoms. The van der Waals surface area contributed by atoms with E-state index in [4.69, 9.17) is 42.6 Å². The topological polar surface area (TPSA) is 171 Å². The molecule has 4 aromatic rings. The third-order valence-corrected chi connectivity index (χ3v) is 18.0. The molecule has 5 aliphatic heterocycles. The van der Waals surface area contributed by atoms with Crippen molar-refractivity contribution in [1.29, 1.82) is 0 Å². The minimum Gasteiger partial charge on any atom is -0.491 e. The first-order valence-electron chi connectivity index (χ1n) is 33.1. The summed E-state index contributed by atoms with van der Waals surface area (Å²) >= 11 is 0. The first kappa shape index (κ1) is 65.7. The molecule has 0 N–H and O–H groups in total. The number of nitrogens with zero attached hydrogens (tertiary/aromatic N) is 4. The fraction of sp³-hybridized carbons (Fsp3) is 0.606. The van der Waals surface area contributed by atoms with Crippen molar-refractivity contribution in [2.45, 2.75) is 191 Å². The summed E-state index contributed by atoms with van der Waals surface area (Å²) < 4.78 is 50.6. The first-order valence-corrected chi connectivity index (χ1v) is 33.1. The number of benzene rings is 4. The third-order valence-electron chi connectivity index (χ3n) is 18.0. The van der Waals surface area contributed by atoms with Gasteiger partial charge >= 0.3 is 24.4 Å². The molecule has 480 valence electrons. The van der Waals surface area contributed by atoms with Gasteiger partial charge in [-0.1, -0.05) is 179 Å². The zero-order chi connectivity index (χ0) is 61.6. The molecule has 0 radical (unpaired) electrons. The maximum absolute atomic E-state index is 12.6. The quantitative estimate of drug-likeness (QED) is 0.0178. The van der Waals surface area contributed by atoms with E-state index >= 15 is 0 Å². The van der Waals surface area contributed by atoms with Crippen molar-refractivity contribution in [1.82, 2.24) is 19.6 Å². The molecule has 0 saturated carbocycles. The fourth-order valence-electron chi connectivity index (χ4n) is 11.9. The third kappa shape index (κ3) is 20.7. The van der Waals surface area contributed by atoms with Crippen LogP contribution in [-0.4, -0.2) is 154 Å². The van der Waals surface area contributed by atoms with Gasteiger partial charge in [-0.15, -0.1) is 0 Å². The molecular weight excluding hydrogens is 1120 g/mol. The van der Waals surface area contributed by atoms with E-state index in [1.165, 1.54) is 73.6 Å². The van der Waals surface area contributed by atoms with Crippen LogP contribution in [0.25, 0.3) is 0 Å². The Hall–Kier alpha value is -6.72.